The highest BCUT2D eigenvalue weighted by Crippen LogP contribution is 2.28. The summed E-state index contributed by atoms with van der Waals surface area (Å²) in [5.41, 5.74) is 1.78. The van der Waals surface area contributed by atoms with Crippen LogP contribution in [0.1, 0.15) is 30.2 Å². The van der Waals surface area contributed by atoms with E-state index < -0.39 is 6.29 Å². The molecule has 0 aromatic heterocycles. The Labute approximate surface area is 134 Å². The van der Waals surface area contributed by atoms with E-state index in [1.54, 1.807) is 24.3 Å². The van der Waals surface area contributed by atoms with Crippen molar-refractivity contribution in [3.8, 4) is 0 Å². The van der Waals surface area contributed by atoms with Crippen LogP contribution in [-0.2, 0) is 9.47 Å². The molecule has 1 aliphatic rings. The van der Waals surface area contributed by atoms with Gasteiger partial charge in [0.25, 0.3) is 0 Å². The van der Waals surface area contributed by atoms with Gasteiger partial charge in [0, 0.05) is 6.54 Å². The number of benzene rings is 2. The fourth-order valence-corrected chi connectivity index (χ4v) is 2.66. The lowest BCUT2D eigenvalue weighted by atomic mass is 10.0. The fourth-order valence-electron chi connectivity index (χ4n) is 2.66. The number of halogens is 2. The normalized spacial score (nSPS) is 22.7. The third kappa shape index (κ3) is 3.93. The lowest BCUT2D eigenvalue weighted by Crippen LogP contribution is -2.43. The molecular formula is C18H19F2NO2. The predicted octanol–water partition coefficient (Wildman–Crippen LogP) is 3.73. The van der Waals surface area contributed by atoms with E-state index in [9.17, 15) is 8.78 Å². The summed E-state index contributed by atoms with van der Waals surface area (Å²) >= 11 is 0. The van der Waals surface area contributed by atoms with Crippen molar-refractivity contribution in [3.05, 3.63) is 71.3 Å². The van der Waals surface area contributed by atoms with Crippen LogP contribution >= 0.6 is 0 Å². The molecule has 0 spiro atoms. The zero-order valence-electron chi connectivity index (χ0n) is 12.8. The third-order valence-electron chi connectivity index (χ3n) is 3.93. The van der Waals surface area contributed by atoms with Crippen LogP contribution in [-0.4, -0.2) is 19.4 Å². The maximum absolute atomic E-state index is 13.1. The fraction of sp³-hybridized carbons (Fsp3) is 0.333. The van der Waals surface area contributed by atoms with Crippen molar-refractivity contribution in [1.29, 1.82) is 0 Å². The molecule has 0 radical (unpaired) electrons. The van der Waals surface area contributed by atoms with E-state index in [2.05, 4.69) is 5.32 Å². The van der Waals surface area contributed by atoms with Crippen molar-refractivity contribution in [3.63, 3.8) is 0 Å². The molecule has 1 N–H and O–H groups in total. The minimum atomic E-state index is -0.491. The van der Waals surface area contributed by atoms with Crippen LogP contribution in [0.4, 0.5) is 8.78 Å². The second kappa shape index (κ2) is 7.17. The summed E-state index contributed by atoms with van der Waals surface area (Å²) < 4.78 is 37.9. The highest BCUT2D eigenvalue weighted by molar-refractivity contribution is 5.22. The van der Waals surface area contributed by atoms with Gasteiger partial charge in [-0.05, 0) is 42.3 Å². The molecule has 1 fully saturated rings. The molecule has 2 aromatic rings. The Morgan fingerprint density at radius 2 is 1.65 bits per heavy atom. The van der Waals surface area contributed by atoms with Gasteiger partial charge in [-0.2, -0.15) is 0 Å². The van der Waals surface area contributed by atoms with Gasteiger partial charge >= 0.3 is 0 Å². The quantitative estimate of drug-likeness (QED) is 0.931. The molecule has 122 valence electrons. The molecular weight excluding hydrogens is 300 g/mol. The summed E-state index contributed by atoms with van der Waals surface area (Å²) in [7, 11) is 0. The first-order valence-corrected chi connectivity index (χ1v) is 7.65. The largest absolute Gasteiger partial charge is 0.349 e. The van der Waals surface area contributed by atoms with E-state index in [-0.39, 0.29) is 23.8 Å². The number of hydrogen-bond acceptors (Lipinski definition) is 3. The summed E-state index contributed by atoms with van der Waals surface area (Å²) in [6.45, 7) is 3.14. The Hall–Kier alpha value is -1.82. The maximum Gasteiger partial charge on any atom is 0.177 e. The Morgan fingerprint density at radius 3 is 2.30 bits per heavy atom. The second-order valence-corrected chi connectivity index (χ2v) is 5.55. The lowest BCUT2D eigenvalue weighted by Gasteiger charge is -2.34. The van der Waals surface area contributed by atoms with Gasteiger partial charge in [0.2, 0.25) is 0 Å². The molecule has 3 nitrogen and oxygen atoms in total. The minimum absolute atomic E-state index is 0.174. The van der Waals surface area contributed by atoms with Crippen molar-refractivity contribution in [1.82, 2.24) is 5.32 Å². The summed E-state index contributed by atoms with van der Waals surface area (Å²) in [6, 6.07) is 12.3. The van der Waals surface area contributed by atoms with Gasteiger partial charge in [0.05, 0.1) is 18.8 Å². The van der Waals surface area contributed by atoms with E-state index >= 15 is 0 Å². The van der Waals surface area contributed by atoms with Crippen molar-refractivity contribution < 1.29 is 18.3 Å². The number of nitrogens with one attached hydrogen (secondary N) is 1. The molecule has 0 amide bonds. The van der Waals surface area contributed by atoms with Gasteiger partial charge in [-0.1, -0.05) is 24.3 Å². The monoisotopic (exact) mass is 319 g/mol. The molecule has 23 heavy (non-hydrogen) atoms. The molecule has 1 heterocycles. The van der Waals surface area contributed by atoms with Gasteiger partial charge in [-0.15, -0.1) is 0 Å². The molecule has 1 saturated heterocycles. The zero-order valence-corrected chi connectivity index (χ0v) is 12.8. The zero-order chi connectivity index (χ0) is 16.2. The summed E-state index contributed by atoms with van der Waals surface area (Å²) in [5.74, 6) is -0.552. The SMILES string of the molecule is C[C@@H](O[C@H]1OCCN[C@H]1c1ccc(F)cc1)c1ccc(F)cc1. The first-order chi connectivity index (χ1) is 11.1. The predicted molar refractivity (Wildman–Crippen MR) is 82.8 cm³/mol. The Kier molecular flexibility index (Phi) is 5.00. The smallest absolute Gasteiger partial charge is 0.177 e. The number of morpholine rings is 1. The number of ether oxygens (including phenoxy) is 2. The van der Waals surface area contributed by atoms with E-state index in [0.717, 1.165) is 11.1 Å². The van der Waals surface area contributed by atoms with Crippen molar-refractivity contribution in [2.75, 3.05) is 13.2 Å². The van der Waals surface area contributed by atoms with Crippen molar-refractivity contribution in [2.45, 2.75) is 25.4 Å². The van der Waals surface area contributed by atoms with Crippen LogP contribution in [0.25, 0.3) is 0 Å². The van der Waals surface area contributed by atoms with Gasteiger partial charge in [-0.3, -0.25) is 0 Å². The summed E-state index contributed by atoms with van der Waals surface area (Å²) in [6.07, 6.45) is -0.738. The van der Waals surface area contributed by atoms with Crippen LogP contribution in [0.2, 0.25) is 0 Å². The molecule has 0 aliphatic carbocycles. The molecule has 3 rings (SSSR count). The van der Waals surface area contributed by atoms with Crippen LogP contribution in [0.3, 0.4) is 0 Å². The molecule has 5 heteroatoms. The summed E-state index contributed by atoms with van der Waals surface area (Å²) in [4.78, 5) is 0. The standard InChI is InChI=1S/C18H19F2NO2/c1-12(13-2-6-15(19)7-3-13)23-18-17(21-10-11-22-18)14-4-8-16(20)9-5-14/h2-9,12,17-18,21H,10-11H2,1H3/t12-,17+,18-/m1/s1. The molecule has 0 saturated carbocycles. The Bertz CT molecular complexity index is 630. The van der Waals surface area contributed by atoms with E-state index in [4.69, 9.17) is 9.47 Å². The average molecular weight is 319 g/mol. The van der Waals surface area contributed by atoms with Crippen molar-refractivity contribution >= 4 is 0 Å². The van der Waals surface area contributed by atoms with Crippen LogP contribution in [0.15, 0.2) is 48.5 Å². The number of rotatable bonds is 4. The van der Waals surface area contributed by atoms with E-state index in [1.807, 2.05) is 6.92 Å². The van der Waals surface area contributed by atoms with Gasteiger partial charge in [0.15, 0.2) is 6.29 Å². The maximum atomic E-state index is 13.1. The van der Waals surface area contributed by atoms with Gasteiger partial charge in [-0.25, -0.2) is 8.78 Å². The van der Waals surface area contributed by atoms with Crippen molar-refractivity contribution in [2.24, 2.45) is 0 Å². The first-order valence-electron chi connectivity index (χ1n) is 7.65. The third-order valence-corrected chi connectivity index (χ3v) is 3.93. The van der Waals surface area contributed by atoms with E-state index in [0.29, 0.717) is 13.2 Å². The molecule has 2 aromatic carbocycles. The van der Waals surface area contributed by atoms with Gasteiger partial charge < -0.3 is 14.8 Å². The van der Waals surface area contributed by atoms with Crippen LogP contribution in [0, 0.1) is 11.6 Å². The highest BCUT2D eigenvalue weighted by Gasteiger charge is 2.29. The molecule has 3 atom stereocenters. The summed E-state index contributed by atoms with van der Waals surface area (Å²) in [5, 5.41) is 3.34. The lowest BCUT2D eigenvalue weighted by molar-refractivity contribution is -0.200. The highest BCUT2D eigenvalue weighted by atomic mass is 19.1. The first kappa shape index (κ1) is 16.1. The average Bonchev–Trinajstić information content (AvgIpc) is 2.57. The molecule has 0 unspecified atom stereocenters. The molecule has 1 aliphatic heterocycles. The van der Waals surface area contributed by atoms with E-state index in [1.165, 1.54) is 24.3 Å². The van der Waals surface area contributed by atoms with Crippen LogP contribution < -0.4 is 5.32 Å². The molecule has 0 bridgehead atoms. The second-order valence-electron chi connectivity index (χ2n) is 5.55. The van der Waals surface area contributed by atoms with Gasteiger partial charge in [0.1, 0.15) is 11.6 Å². The number of hydrogen-bond donors (Lipinski definition) is 1. The minimum Gasteiger partial charge on any atom is -0.349 e. The topological polar surface area (TPSA) is 30.5 Å². The Balaban J connectivity index is 1.73. The Morgan fingerprint density at radius 1 is 1.04 bits per heavy atom. The van der Waals surface area contributed by atoms with Crippen LogP contribution in [0.5, 0.6) is 0 Å².